The molecule has 0 aliphatic carbocycles. The second-order valence-corrected chi connectivity index (χ2v) is 5.27. The molecule has 2 amide bonds. The number of H-pyrrole nitrogens is 1. The molecule has 20 heavy (non-hydrogen) atoms. The van der Waals surface area contributed by atoms with Crippen molar-refractivity contribution < 1.29 is 9.90 Å². The number of fused-ring (bicyclic) bond motifs is 1. The molecule has 2 rings (SSSR count). The summed E-state index contributed by atoms with van der Waals surface area (Å²) in [4.78, 5) is 15.0. The number of hydrogen-bond acceptors (Lipinski definition) is 2. The van der Waals surface area contributed by atoms with Gasteiger partial charge in [0.25, 0.3) is 0 Å². The lowest BCUT2D eigenvalue weighted by molar-refractivity contribution is 0.163. The molecule has 0 radical (unpaired) electrons. The number of aromatic amines is 1. The lowest BCUT2D eigenvalue weighted by Gasteiger charge is -2.15. The molecule has 0 unspecified atom stereocenters. The number of rotatable bonds is 5. The molecule has 0 bridgehead atoms. The Morgan fingerprint density at radius 3 is 2.90 bits per heavy atom. The first-order valence-electron chi connectivity index (χ1n) is 6.85. The van der Waals surface area contributed by atoms with Gasteiger partial charge < -0.3 is 20.7 Å². The van der Waals surface area contributed by atoms with Crippen molar-refractivity contribution >= 4 is 22.6 Å². The van der Waals surface area contributed by atoms with Gasteiger partial charge in [-0.15, -0.1) is 0 Å². The molecular formula is C15H21N3O2. The zero-order valence-corrected chi connectivity index (χ0v) is 11.8. The third-order valence-electron chi connectivity index (χ3n) is 3.20. The van der Waals surface area contributed by atoms with E-state index in [0.29, 0.717) is 13.0 Å². The molecule has 1 aromatic carbocycles. The Morgan fingerprint density at radius 2 is 2.15 bits per heavy atom. The van der Waals surface area contributed by atoms with Crippen molar-refractivity contribution in [2.75, 3.05) is 11.9 Å². The van der Waals surface area contributed by atoms with Gasteiger partial charge in [-0.3, -0.25) is 0 Å². The van der Waals surface area contributed by atoms with Crippen molar-refractivity contribution in [1.29, 1.82) is 0 Å². The van der Waals surface area contributed by atoms with Gasteiger partial charge in [-0.2, -0.15) is 0 Å². The third-order valence-corrected chi connectivity index (χ3v) is 3.20. The van der Waals surface area contributed by atoms with Crippen LogP contribution in [0.25, 0.3) is 10.9 Å². The molecule has 2 aromatic rings. The van der Waals surface area contributed by atoms with Gasteiger partial charge in [0, 0.05) is 23.6 Å². The van der Waals surface area contributed by atoms with Crippen LogP contribution in [0.5, 0.6) is 0 Å². The summed E-state index contributed by atoms with van der Waals surface area (Å²) < 4.78 is 0. The van der Waals surface area contributed by atoms with Gasteiger partial charge in [0.15, 0.2) is 0 Å². The SMILES string of the molecule is C[C@H](CNC(=O)Nc1cccc2[nH]ccc12)C[C@@H](C)O. The van der Waals surface area contributed by atoms with Crippen LogP contribution in [-0.4, -0.2) is 28.8 Å². The molecule has 1 heterocycles. The quantitative estimate of drug-likeness (QED) is 0.677. The van der Waals surface area contributed by atoms with Gasteiger partial charge in [0.1, 0.15) is 0 Å². The van der Waals surface area contributed by atoms with Crippen LogP contribution >= 0.6 is 0 Å². The van der Waals surface area contributed by atoms with Gasteiger partial charge in [0.05, 0.1) is 11.8 Å². The number of aliphatic hydroxyl groups excluding tert-OH is 1. The molecule has 0 aliphatic rings. The summed E-state index contributed by atoms with van der Waals surface area (Å²) in [6.45, 7) is 4.29. The smallest absolute Gasteiger partial charge is 0.319 e. The van der Waals surface area contributed by atoms with E-state index in [4.69, 9.17) is 0 Å². The van der Waals surface area contributed by atoms with E-state index in [2.05, 4.69) is 15.6 Å². The molecular weight excluding hydrogens is 254 g/mol. The van der Waals surface area contributed by atoms with Crippen LogP contribution in [-0.2, 0) is 0 Å². The Morgan fingerprint density at radius 1 is 1.35 bits per heavy atom. The number of aliphatic hydroxyl groups is 1. The number of carbonyl (C=O) groups is 1. The summed E-state index contributed by atoms with van der Waals surface area (Å²) in [6.07, 6.45) is 2.18. The van der Waals surface area contributed by atoms with E-state index in [1.807, 2.05) is 37.4 Å². The van der Waals surface area contributed by atoms with Crippen LogP contribution in [0.4, 0.5) is 10.5 Å². The van der Waals surface area contributed by atoms with E-state index in [1.165, 1.54) is 0 Å². The van der Waals surface area contributed by atoms with Crippen LogP contribution in [0.15, 0.2) is 30.5 Å². The monoisotopic (exact) mass is 275 g/mol. The standard InChI is InChI=1S/C15H21N3O2/c1-10(8-11(2)19)9-17-15(20)18-14-5-3-4-13-12(14)6-7-16-13/h3-7,10-11,16,19H,8-9H2,1-2H3,(H2,17,18,20)/t10-,11+/m0/s1. The number of urea groups is 1. The van der Waals surface area contributed by atoms with E-state index in [1.54, 1.807) is 6.92 Å². The molecule has 4 N–H and O–H groups in total. The topological polar surface area (TPSA) is 77.2 Å². The predicted molar refractivity (Wildman–Crippen MR) is 80.8 cm³/mol. The largest absolute Gasteiger partial charge is 0.393 e. The lowest BCUT2D eigenvalue weighted by atomic mass is 10.1. The van der Waals surface area contributed by atoms with Gasteiger partial charge in [-0.1, -0.05) is 13.0 Å². The van der Waals surface area contributed by atoms with Crippen LogP contribution in [0.2, 0.25) is 0 Å². The van der Waals surface area contributed by atoms with Gasteiger partial charge in [-0.25, -0.2) is 4.79 Å². The fraction of sp³-hybridized carbons (Fsp3) is 0.400. The van der Waals surface area contributed by atoms with Gasteiger partial charge >= 0.3 is 6.03 Å². The summed E-state index contributed by atoms with van der Waals surface area (Å²) in [6, 6.07) is 7.43. The van der Waals surface area contributed by atoms with Crippen molar-refractivity contribution in [3.63, 3.8) is 0 Å². The second kappa shape index (κ2) is 6.43. The minimum Gasteiger partial charge on any atom is -0.393 e. The maximum absolute atomic E-state index is 11.9. The molecule has 5 heteroatoms. The average molecular weight is 275 g/mol. The van der Waals surface area contributed by atoms with Crippen LogP contribution < -0.4 is 10.6 Å². The van der Waals surface area contributed by atoms with Crippen LogP contribution in [0.1, 0.15) is 20.3 Å². The maximum Gasteiger partial charge on any atom is 0.319 e. The Labute approximate surface area is 118 Å². The van der Waals surface area contributed by atoms with E-state index in [-0.39, 0.29) is 18.1 Å². The number of carbonyl (C=O) groups excluding carboxylic acids is 1. The molecule has 2 atom stereocenters. The minimum absolute atomic E-state index is 0.226. The van der Waals surface area contributed by atoms with E-state index in [0.717, 1.165) is 16.6 Å². The van der Waals surface area contributed by atoms with Gasteiger partial charge in [0.2, 0.25) is 0 Å². The first-order chi connectivity index (χ1) is 9.56. The number of anilines is 1. The van der Waals surface area contributed by atoms with Crippen molar-refractivity contribution in [3.05, 3.63) is 30.5 Å². The Balaban J connectivity index is 1.90. The van der Waals surface area contributed by atoms with E-state index < -0.39 is 0 Å². The number of amides is 2. The zero-order valence-electron chi connectivity index (χ0n) is 11.8. The number of hydrogen-bond donors (Lipinski definition) is 4. The normalized spacial score (nSPS) is 13.9. The highest BCUT2D eigenvalue weighted by Gasteiger charge is 2.09. The zero-order chi connectivity index (χ0) is 14.5. The highest BCUT2D eigenvalue weighted by atomic mass is 16.3. The summed E-state index contributed by atoms with van der Waals surface area (Å²) in [5, 5.41) is 15.9. The second-order valence-electron chi connectivity index (χ2n) is 5.27. The van der Waals surface area contributed by atoms with Crippen LogP contribution in [0.3, 0.4) is 0 Å². The lowest BCUT2D eigenvalue weighted by Crippen LogP contribution is -2.33. The fourth-order valence-electron chi connectivity index (χ4n) is 2.29. The van der Waals surface area contributed by atoms with Crippen molar-refractivity contribution in [3.8, 4) is 0 Å². The first kappa shape index (κ1) is 14.4. The molecule has 108 valence electrons. The van der Waals surface area contributed by atoms with Crippen molar-refractivity contribution in [2.45, 2.75) is 26.4 Å². The number of benzene rings is 1. The molecule has 1 aromatic heterocycles. The Kier molecular flexibility index (Phi) is 4.63. The number of nitrogens with one attached hydrogen (secondary N) is 3. The first-order valence-corrected chi connectivity index (χ1v) is 6.85. The summed E-state index contributed by atoms with van der Waals surface area (Å²) >= 11 is 0. The van der Waals surface area contributed by atoms with E-state index in [9.17, 15) is 9.90 Å². The third kappa shape index (κ3) is 3.74. The van der Waals surface area contributed by atoms with E-state index >= 15 is 0 Å². The molecule has 0 fully saturated rings. The van der Waals surface area contributed by atoms with Crippen molar-refractivity contribution in [1.82, 2.24) is 10.3 Å². The maximum atomic E-state index is 11.9. The van der Waals surface area contributed by atoms with Crippen LogP contribution in [0, 0.1) is 5.92 Å². The van der Waals surface area contributed by atoms with Crippen molar-refractivity contribution in [2.24, 2.45) is 5.92 Å². The Hall–Kier alpha value is -2.01. The minimum atomic E-state index is -0.344. The highest BCUT2D eigenvalue weighted by Crippen LogP contribution is 2.21. The fourth-order valence-corrected chi connectivity index (χ4v) is 2.29. The molecule has 0 saturated carbocycles. The predicted octanol–water partition coefficient (Wildman–Crippen LogP) is 2.70. The molecule has 5 nitrogen and oxygen atoms in total. The highest BCUT2D eigenvalue weighted by molar-refractivity contribution is 6.00. The Bertz CT molecular complexity index is 577. The summed E-state index contributed by atoms with van der Waals surface area (Å²) in [5.41, 5.74) is 1.77. The molecule has 0 saturated heterocycles. The number of aromatic nitrogens is 1. The summed E-state index contributed by atoms with van der Waals surface area (Å²) in [7, 11) is 0. The molecule has 0 spiro atoms. The average Bonchev–Trinajstić information content (AvgIpc) is 2.85. The van der Waals surface area contributed by atoms with Gasteiger partial charge in [-0.05, 0) is 37.5 Å². The molecule has 0 aliphatic heterocycles. The summed E-state index contributed by atoms with van der Waals surface area (Å²) in [5.74, 6) is 0.240.